The van der Waals surface area contributed by atoms with Crippen molar-refractivity contribution in [1.82, 2.24) is 5.32 Å². The van der Waals surface area contributed by atoms with Crippen LogP contribution in [0.3, 0.4) is 0 Å². The molecular weight excluding hydrogens is 246 g/mol. The fourth-order valence-corrected chi connectivity index (χ4v) is 2.17. The van der Waals surface area contributed by atoms with Crippen LogP contribution in [-0.2, 0) is 0 Å². The minimum atomic E-state index is 0.488. The summed E-state index contributed by atoms with van der Waals surface area (Å²) < 4.78 is 5.92. The number of benzene rings is 1. The smallest absolute Gasteiger partial charge is 0.125 e. The summed E-state index contributed by atoms with van der Waals surface area (Å²) in [4.78, 5) is 0. The molecule has 0 saturated carbocycles. The second kappa shape index (κ2) is 7.01. The van der Waals surface area contributed by atoms with Gasteiger partial charge in [0.2, 0.25) is 0 Å². The standard InChI is InChI=1S/C15H24ClNO/c1-10(2)17-8-11(3)9-18-15-12(4)6-14(16)7-13(15)5/h6-7,10-11,17H,8-9H2,1-5H3. The van der Waals surface area contributed by atoms with Crippen molar-refractivity contribution >= 4 is 11.6 Å². The van der Waals surface area contributed by atoms with Gasteiger partial charge in [0.1, 0.15) is 5.75 Å². The number of hydrogen-bond donors (Lipinski definition) is 1. The average molecular weight is 270 g/mol. The normalized spacial score (nSPS) is 12.8. The molecular formula is C15H24ClNO. The molecule has 0 bridgehead atoms. The fourth-order valence-electron chi connectivity index (χ4n) is 1.85. The molecule has 3 heteroatoms. The Hall–Kier alpha value is -0.730. The van der Waals surface area contributed by atoms with Crippen LogP contribution in [0, 0.1) is 19.8 Å². The Morgan fingerprint density at radius 2 is 1.72 bits per heavy atom. The second-order valence-electron chi connectivity index (χ2n) is 5.35. The van der Waals surface area contributed by atoms with Crippen molar-refractivity contribution in [3.8, 4) is 5.75 Å². The Balaban J connectivity index is 2.53. The number of nitrogens with one attached hydrogen (secondary N) is 1. The highest BCUT2D eigenvalue weighted by molar-refractivity contribution is 6.30. The van der Waals surface area contributed by atoms with Crippen LogP contribution in [0.25, 0.3) is 0 Å². The van der Waals surface area contributed by atoms with E-state index in [1.807, 2.05) is 26.0 Å². The van der Waals surface area contributed by atoms with Crippen LogP contribution >= 0.6 is 11.6 Å². The molecule has 102 valence electrons. The average Bonchev–Trinajstić information content (AvgIpc) is 2.24. The highest BCUT2D eigenvalue weighted by Crippen LogP contribution is 2.27. The zero-order valence-electron chi connectivity index (χ0n) is 12.0. The van der Waals surface area contributed by atoms with Gasteiger partial charge in [-0.3, -0.25) is 0 Å². The van der Waals surface area contributed by atoms with Crippen molar-refractivity contribution in [2.45, 2.75) is 40.7 Å². The van der Waals surface area contributed by atoms with Crippen molar-refractivity contribution in [3.05, 3.63) is 28.3 Å². The molecule has 0 radical (unpaired) electrons. The largest absolute Gasteiger partial charge is 0.493 e. The Morgan fingerprint density at radius 3 is 2.22 bits per heavy atom. The predicted octanol–water partition coefficient (Wildman–Crippen LogP) is 3.97. The third-order valence-corrected chi connectivity index (χ3v) is 3.03. The molecule has 0 aromatic heterocycles. The lowest BCUT2D eigenvalue weighted by Gasteiger charge is -2.18. The SMILES string of the molecule is Cc1cc(Cl)cc(C)c1OCC(C)CNC(C)C. The van der Waals surface area contributed by atoms with Crippen molar-refractivity contribution in [2.75, 3.05) is 13.2 Å². The molecule has 0 aliphatic rings. The Morgan fingerprint density at radius 1 is 1.17 bits per heavy atom. The van der Waals surface area contributed by atoms with Gasteiger partial charge in [0.25, 0.3) is 0 Å². The third kappa shape index (κ3) is 4.87. The van der Waals surface area contributed by atoms with Crippen molar-refractivity contribution in [2.24, 2.45) is 5.92 Å². The van der Waals surface area contributed by atoms with Crippen LogP contribution in [0.4, 0.5) is 0 Å². The van der Waals surface area contributed by atoms with E-state index in [0.717, 1.165) is 35.1 Å². The van der Waals surface area contributed by atoms with Crippen LogP contribution in [-0.4, -0.2) is 19.2 Å². The first-order valence-corrected chi connectivity index (χ1v) is 6.91. The Bertz CT molecular complexity index is 367. The molecule has 0 saturated heterocycles. The molecule has 1 aromatic rings. The van der Waals surface area contributed by atoms with E-state index in [1.54, 1.807) is 0 Å². The van der Waals surface area contributed by atoms with Gasteiger partial charge < -0.3 is 10.1 Å². The van der Waals surface area contributed by atoms with Gasteiger partial charge >= 0.3 is 0 Å². The first kappa shape index (κ1) is 15.3. The van der Waals surface area contributed by atoms with Crippen LogP contribution in [0.1, 0.15) is 31.9 Å². The molecule has 1 atom stereocenters. The highest BCUT2D eigenvalue weighted by Gasteiger charge is 2.09. The summed E-state index contributed by atoms with van der Waals surface area (Å²) in [5, 5.41) is 4.19. The minimum Gasteiger partial charge on any atom is -0.493 e. The van der Waals surface area contributed by atoms with Gasteiger partial charge in [0.05, 0.1) is 6.61 Å². The maximum absolute atomic E-state index is 6.00. The number of ether oxygens (including phenoxy) is 1. The molecule has 0 aliphatic heterocycles. The number of halogens is 1. The van der Waals surface area contributed by atoms with E-state index in [2.05, 4.69) is 26.1 Å². The summed E-state index contributed by atoms with van der Waals surface area (Å²) in [5.74, 6) is 1.46. The van der Waals surface area contributed by atoms with Crippen molar-refractivity contribution in [1.29, 1.82) is 0 Å². The lowest BCUT2D eigenvalue weighted by Crippen LogP contribution is -2.30. The molecule has 0 spiro atoms. The van der Waals surface area contributed by atoms with Crippen LogP contribution in [0.2, 0.25) is 5.02 Å². The lowest BCUT2D eigenvalue weighted by molar-refractivity contribution is 0.250. The summed E-state index contributed by atoms with van der Waals surface area (Å²) in [5.41, 5.74) is 2.20. The van der Waals surface area contributed by atoms with Gasteiger partial charge in [-0.25, -0.2) is 0 Å². The second-order valence-corrected chi connectivity index (χ2v) is 5.78. The van der Waals surface area contributed by atoms with E-state index in [9.17, 15) is 0 Å². The van der Waals surface area contributed by atoms with E-state index in [0.29, 0.717) is 12.0 Å². The van der Waals surface area contributed by atoms with E-state index < -0.39 is 0 Å². The molecule has 1 aromatic carbocycles. The first-order valence-electron chi connectivity index (χ1n) is 6.53. The lowest BCUT2D eigenvalue weighted by atomic mass is 10.1. The highest BCUT2D eigenvalue weighted by atomic mass is 35.5. The number of rotatable bonds is 6. The molecule has 18 heavy (non-hydrogen) atoms. The van der Waals surface area contributed by atoms with E-state index in [1.165, 1.54) is 0 Å². The van der Waals surface area contributed by atoms with Crippen molar-refractivity contribution in [3.63, 3.8) is 0 Å². The monoisotopic (exact) mass is 269 g/mol. The van der Waals surface area contributed by atoms with E-state index in [-0.39, 0.29) is 0 Å². The molecule has 1 rings (SSSR count). The summed E-state index contributed by atoms with van der Waals surface area (Å²) in [6.07, 6.45) is 0. The quantitative estimate of drug-likeness (QED) is 0.844. The summed E-state index contributed by atoms with van der Waals surface area (Å²) in [6.45, 7) is 12.3. The molecule has 2 nitrogen and oxygen atoms in total. The molecule has 1 unspecified atom stereocenters. The Kier molecular flexibility index (Phi) is 5.97. The zero-order valence-corrected chi connectivity index (χ0v) is 12.8. The maximum atomic E-state index is 6.00. The van der Waals surface area contributed by atoms with Gasteiger partial charge in [0.15, 0.2) is 0 Å². The summed E-state index contributed by atoms with van der Waals surface area (Å²) >= 11 is 6.00. The third-order valence-electron chi connectivity index (χ3n) is 2.81. The van der Waals surface area contributed by atoms with Crippen LogP contribution < -0.4 is 10.1 Å². The van der Waals surface area contributed by atoms with Gasteiger partial charge in [-0.15, -0.1) is 0 Å². The van der Waals surface area contributed by atoms with Crippen molar-refractivity contribution < 1.29 is 4.74 Å². The van der Waals surface area contributed by atoms with Crippen LogP contribution in [0.5, 0.6) is 5.75 Å². The number of aryl methyl sites for hydroxylation is 2. The van der Waals surface area contributed by atoms with Gasteiger partial charge in [-0.2, -0.15) is 0 Å². The fraction of sp³-hybridized carbons (Fsp3) is 0.600. The molecule has 1 N–H and O–H groups in total. The van der Waals surface area contributed by atoms with Gasteiger partial charge in [0, 0.05) is 23.5 Å². The summed E-state index contributed by atoms with van der Waals surface area (Å²) in [6, 6.07) is 4.41. The first-order chi connectivity index (χ1) is 8.40. The molecule has 0 fully saturated rings. The molecule has 0 amide bonds. The van der Waals surface area contributed by atoms with Crippen LogP contribution in [0.15, 0.2) is 12.1 Å². The van der Waals surface area contributed by atoms with Gasteiger partial charge in [-0.05, 0) is 37.1 Å². The van der Waals surface area contributed by atoms with E-state index >= 15 is 0 Å². The zero-order chi connectivity index (χ0) is 13.7. The minimum absolute atomic E-state index is 0.488. The Labute approximate surface area is 116 Å². The topological polar surface area (TPSA) is 21.3 Å². The molecule has 0 aliphatic carbocycles. The predicted molar refractivity (Wildman–Crippen MR) is 78.7 cm³/mol. The summed E-state index contributed by atoms with van der Waals surface area (Å²) in [7, 11) is 0. The maximum Gasteiger partial charge on any atom is 0.125 e. The molecule has 0 heterocycles. The van der Waals surface area contributed by atoms with E-state index in [4.69, 9.17) is 16.3 Å². The number of hydrogen-bond acceptors (Lipinski definition) is 2. The van der Waals surface area contributed by atoms with Gasteiger partial charge in [-0.1, -0.05) is 32.4 Å².